The van der Waals surface area contributed by atoms with Crippen LogP contribution in [0.4, 0.5) is 0 Å². The summed E-state index contributed by atoms with van der Waals surface area (Å²) in [6.07, 6.45) is 2.18. The summed E-state index contributed by atoms with van der Waals surface area (Å²) in [6, 6.07) is 3.04. The monoisotopic (exact) mass is 329 g/mol. The number of aromatic nitrogens is 3. The second-order valence-corrected chi connectivity index (χ2v) is 7.65. The fraction of sp³-hybridized carbons (Fsp3) is 0.500. The van der Waals surface area contributed by atoms with Gasteiger partial charge in [0.05, 0.1) is 6.04 Å². The number of nitrogens with zero attached hydrogens (tertiary/aromatic N) is 2. The Hall–Kier alpha value is -1.29. The molecule has 0 spiro atoms. The van der Waals surface area contributed by atoms with Crippen LogP contribution in [0.25, 0.3) is 0 Å². The smallest absolute Gasteiger partial charge is 0.250 e. The summed E-state index contributed by atoms with van der Waals surface area (Å²) in [5, 5.41) is 9.59. The van der Waals surface area contributed by atoms with Gasteiger partial charge in [-0.15, -0.1) is 11.3 Å². The average Bonchev–Trinajstić information content (AvgIpc) is 3.10. The summed E-state index contributed by atoms with van der Waals surface area (Å²) >= 11 is 1.29. The summed E-state index contributed by atoms with van der Waals surface area (Å²) in [7, 11) is -3.53. The van der Waals surface area contributed by atoms with Gasteiger partial charge in [-0.25, -0.2) is 18.1 Å². The van der Waals surface area contributed by atoms with Crippen LogP contribution in [0, 0.1) is 0 Å². The molecule has 0 fully saturated rings. The summed E-state index contributed by atoms with van der Waals surface area (Å²) in [5.41, 5.74) is 0. The Kier molecular flexibility index (Phi) is 5.45. The van der Waals surface area contributed by atoms with E-state index >= 15 is 0 Å². The highest BCUT2D eigenvalue weighted by atomic mass is 32.2. The number of nitrogens with one attached hydrogen (secondary N) is 3. The van der Waals surface area contributed by atoms with Gasteiger partial charge in [0.15, 0.2) is 0 Å². The van der Waals surface area contributed by atoms with Crippen molar-refractivity contribution in [2.24, 2.45) is 0 Å². The molecule has 116 valence electrons. The molecule has 1 unspecified atom stereocenters. The zero-order chi connectivity index (χ0) is 15.3. The SMILES string of the molecule is CCNCCc1ccc(S(=O)(=O)NC(C)c2ncn[nH]2)s1. The molecule has 2 rings (SSSR count). The molecule has 2 aromatic heterocycles. The molecule has 2 heterocycles. The second-order valence-electron chi connectivity index (χ2n) is 4.54. The van der Waals surface area contributed by atoms with Crippen LogP contribution in [-0.4, -0.2) is 36.7 Å². The molecule has 7 nitrogen and oxygen atoms in total. The molecule has 0 aliphatic carbocycles. The van der Waals surface area contributed by atoms with Gasteiger partial charge in [0, 0.05) is 4.88 Å². The van der Waals surface area contributed by atoms with E-state index < -0.39 is 16.1 Å². The van der Waals surface area contributed by atoms with E-state index in [2.05, 4.69) is 25.2 Å². The third-order valence-corrected chi connectivity index (χ3v) is 6.05. The Morgan fingerprint density at radius 2 is 2.24 bits per heavy atom. The van der Waals surface area contributed by atoms with Crippen LogP contribution in [0.5, 0.6) is 0 Å². The lowest BCUT2D eigenvalue weighted by molar-refractivity contribution is 0.562. The van der Waals surface area contributed by atoms with Crippen molar-refractivity contribution < 1.29 is 8.42 Å². The van der Waals surface area contributed by atoms with Crippen LogP contribution in [-0.2, 0) is 16.4 Å². The zero-order valence-corrected chi connectivity index (χ0v) is 13.6. The lowest BCUT2D eigenvalue weighted by Gasteiger charge is -2.10. The Balaban J connectivity index is 2.02. The molecule has 9 heteroatoms. The molecule has 0 bridgehead atoms. The van der Waals surface area contributed by atoms with Crippen LogP contribution in [0.15, 0.2) is 22.7 Å². The van der Waals surface area contributed by atoms with E-state index in [-0.39, 0.29) is 0 Å². The molecule has 0 aliphatic heterocycles. The Bertz CT molecular complexity index is 651. The molecule has 0 saturated heterocycles. The van der Waals surface area contributed by atoms with Crippen molar-refractivity contribution in [1.82, 2.24) is 25.2 Å². The number of hydrogen-bond acceptors (Lipinski definition) is 6. The number of sulfonamides is 1. The van der Waals surface area contributed by atoms with E-state index in [1.807, 2.05) is 13.0 Å². The van der Waals surface area contributed by atoms with Gasteiger partial charge in [0.25, 0.3) is 10.0 Å². The first-order valence-electron chi connectivity index (χ1n) is 6.70. The van der Waals surface area contributed by atoms with Crippen molar-refractivity contribution in [1.29, 1.82) is 0 Å². The summed E-state index contributed by atoms with van der Waals surface area (Å²) in [5.74, 6) is 0.488. The van der Waals surface area contributed by atoms with Gasteiger partial charge in [0.1, 0.15) is 16.4 Å². The lowest BCUT2D eigenvalue weighted by atomic mass is 10.3. The first kappa shape index (κ1) is 16.1. The first-order valence-corrected chi connectivity index (χ1v) is 9.00. The number of rotatable bonds is 8. The molecule has 21 heavy (non-hydrogen) atoms. The van der Waals surface area contributed by atoms with Crippen LogP contribution in [0.1, 0.15) is 30.6 Å². The van der Waals surface area contributed by atoms with Crippen molar-refractivity contribution in [3.05, 3.63) is 29.2 Å². The quantitative estimate of drug-likeness (QED) is 0.629. The van der Waals surface area contributed by atoms with Crippen molar-refractivity contribution >= 4 is 21.4 Å². The molecule has 0 aromatic carbocycles. The van der Waals surface area contributed by atoms with E-state index in [4.69, 9.17) is 0 Å². The fourth-order valence-corrected chi connectivity index (χ4v) is 4.37. The van der Waals surface area contributed by atoms with E-state index in [0.29, 0.717) is 10.0 Å². The maximum atomic E-state index is 12.3. The van der Waals surface area contributed by atoms with Crippen LogP contribution >= 0.6 is 11.3 Å². The topological polar surface area (TPSA) is 99.8 Å². The number of aromatic amines is 1. The van der Waals surface area contributed by atoms with Gasteiger partial charge in [-0.05, 0) is 38.6 Å². The Morgan fingerprint density at radius 3 is 2.90 bits per heavy atom. The Morgan fingerprint density at radius 1 is 1.43 bits per heavy atom. The Labute approximate surface area is 128 Å². The molecule has 1 atom stereocenters. The molecule has 0 aliphatic rings. The molecule has 2 aromatic rings. The lowest BCUT2D eigenvalue weighted by Crippen LogP contribution is -2.27. The fourth-order valence-electron chi connectivity index (χ4n) is 1.80. The minimum Gasteiger partial charge on any atom is -0.317 e. The molecular formula is C12H19N5O2S2. The highest BCUT2D eigenvalue weighted by Gasteiger charge is 2.21. The van der Waals surface area contributed by atoms with Crippen LogP contribution < -0.4 is 10.0 Å². The summed E-state index contributed by atoms with van der Waals surface area (Å²) in [4.78, 5) is 5.00. The highest BCUT2D eigenvalue weighted by Crippen LogP contribution is 2.23. The van der Waals surface area contributed by atoms with Crippen molar-refractivity contribution in [2.45, 2.75) is 30.5 Å². The predicted molar refractivity (Wildman–Crippen MR) is 81.7 cm³/mol. The van der Waals surface area contributed by atoms with E-state index in [1.165, 1.54) is 17.7 Å². The molecule has 0 amide bonds. The van der Waals surface area contributed by atoms with Crippen molar-refractivity contribution in [2.75, 3.05) is 13.1 Å². The van der Waals surface area contributed by atoms with Crippen LogP contribution in [0.3, 0.4) is 0 Å². The van der Waals surface area contributed by atoms with Gasteiger partial charge in [-0.1, -0.05) is 6.92 Å². The van der Waals surface area contributed by atoms with Gasteiger partial charge >= 0.3 is 0 Å². The first-order chi connectivity index (χ1) is 10.0. The molecule has 3 N–H and O–H groups in total. The number of likely N-dealkylation sites (N-methyl/N-ethyl adjacent to an activating group) is 1. The van der Waals surface area contributed by atoms with Gasteiger partial charge in [-0.3, -0.25) is 5.10 Å². The standard InChI is InChI=1S/C12H19N5O2S2/c1-3-13-7-6-10-4-5-11(20-10)21(18,19)17-9(2)12-14-8-15-16-12/h4-5,8-9,13,17H,3,6-7H2,1-2H3,(H,14,15,16). The van der Waals surface area contributed by atoms with E-state index in [9.17, 15) is 8.42 Å². The van der Waals surface area contributed by atoms with Crippen LogP contribution in [0.2, 0.25) is 0 Å². The summed E-state index contributed by atoms with van der Waals surface area (Å²) in [6.45, 7) is 5.52. The third-order valence-electron chi connectivity index (χ3n) is 2.88. The molecule has 0 radical (unpaired) electrons. The number of H-pyrrole nitrogens is 1. The minimum absolute atomic E-state index is 0.320. The highest BCUT2D eigenvalue weighted by molar-refractivity contribution is 7.91. The average molecular weight is 329 g/mol. The van der Waals surface area contributed by atoms with E-state index in [0.717, 1.165) is 24.4 Å². The van der Waals surface area contributed by atoms with Gasteiger partial charge in [-0.2, -0.15) is 5.10 Å². The van der Waals surface area contributed by atoms with Crippen molar-refractivity contribution in [3.63, 3.8) is 0 Å². The number of thiophene rings is 1. The van der Waals surface area contributed by atoms with Crippen molar-refractivity contribution in [3.8, 4) is 0 Å². The third kappa shape index (κ3) is 4.34. The normalized spacial score (nSPS) is 13.4. The molecule has 0 saturated carbocycles. The zero-order valence-electron chi connectivity index (χ0n) is 12.0. The second kappa shape index (κ2) is 7.12. The van der Waals surface area contributed by atoms with E-state index in [1.54, 1.807) is 13.0 Å². The molecular weight excluding hydrogens is 310 g/mol. The maximum Gasteiger partial charge on any atom is 0.250 e. The minimum atomic E-state index is -3.53. The van der Waals surface area contributed by atoms with Gasteiger partial charge in [0.2, 0.25) is 0 Å². The summed E-state index contributed by atoms with van der Waals surface area (Å²) < 4.78 is 27.5. The van der Waals surface area contributed by atoms with Gasteiger partial charge < -0.3 is 5.32 Å². The largest absolute Gasteiger partial charge is 0.317 e. The maximum absolute atomic E-state index is 12.3. The number of hydrogen-bond donors (Lipinski definition) is 3. The predicted octanol–water partition coefficient (Wildman–Crippen LogP) is 1.06.